The van der Waals surface area contributed by atoms with E-state index in [9.17, 15) is 37.9 Å². The molecule has 1 aliphatic rings. The fourth-order valence-corrected chi connectivity index (χ4v) is 9.82. The molecule has 51 heavy (non-hydrogen) atoms. The van der Waals surface area contributed by atoms with Crippen LogP contribution in [0.3, 0.4) is 0 Å². The molecule has 0 saturated carbocycles. The van der Waals surface area contributed by atoms with Gasteiger partial charge in [-0.15, -0.1) is 0 Å². The maximum absolute atomic E-state index is 12.8. The van der Waals surface area contributed by atoms with E-state index < -0.39 is 65.7 Å². The zero-order chi connectivity index (χ0) is 38.3. The molecule has 1 aromatic heterocycles. The van der Waals surface area contributed by atoms with E-state index in [4.69, 9.17) is 28.7 Å². The molecule has 292 valence electrons. The molecule has 1 fully saturated rings. The van der Waals surface area contributed by atoms with Crippen LogP contribution in [-0.4, -0.2) is 96.7 Å². The van der Waals surface area contributed by atoms with E-state index in [1.165, 1.54) is 21.6 Å². The van der Waals surface area contributed by atoms with Crippen molar-refractivity contribution in [2.24, 2.45) is 0 Å². The van der Waals surface area contributed by atoms with E-state index >= 15 is 0 Å². The highest BCUT2D eigenvalue weighted by molar-refractivity contribution is 8.77. The van der Waals surface area contributed by atoms with Gasteiger partial charge in [0.2, 0.25) is 0 Å². The van der Waals surface area contributed by atoms with Crippen LogP contribution in [0.4, 0.5) is 4.79 Å². The Morgan fingerprint density at radius 1 is 1.10 bits per heavy atom. The van der Waals surface area contributed by atoms with Crippen molar-refractivity contribution in [3.63, 3.8) is 0 Å². The van der Waals surface area contributed by atoms with Crippen LogP contribution in [0.25, 0.3) is 0 Å². The first-order valence-electron chi connectivity index (χ1n) is 14.6. The standard InChI is InChI=1S/C24H40N3O17P3S4/c1-5-24(2,3)51-50-15-38-10-6-7-11-39-23(30)25-9-8-17-12-27(22(29)26-21(17)28)18-13-40-19(20(18)41-16-49-48-4)14-42-46(34,35)44-47(36,37)43-45(31,32)33/h12,18-20H,5-7,10-11,13-16H2,1-4H3,(H,25,30)(H,34,35)(H,36,37)(H,26,28,29)(H2,31,32,33)/t18-,19-,20?/m1/s1. The van der Waals surface area contributed by atoms with Gasteiger partial charge in [-0.25, -0.2) is 28.6 Å². The van der Waals surface area contributed by atoms with Gasteiger partial charge in [0.1, 0.15) is 29.6 Å². The molecular weight excluding hydrogens is 823 g/mol. The first-order chi connectivity index (χ1) is 23.8. The number of alkyl carbamates (subject to hydrolysis) is 1. The van der Waals surface area contributed by atoms with Gasteiger partial charge in [0.25, 0.3) is 5.56 Å². The third-order valence-corrected chi connectivity index (χ3v) is 14.7. The van der Waals surface area contributed by atoms with Crippen molar-refractivity contribution in [1.82, 2.24) is 14.9 Å². The normalized spacial score (nSPS) is 20.2. The molecule has 5 atom stereocenters. The summed E-state index contributed by atoms with van der Waals surface area (Å²) in [7, 11) is -10.8. The molecule has 2 heterocycles. The topological polar surface area (TPSA) is 281 Å². The van der Waals surface area contributed by atoms with Gasteiger partial charge >= 0.3 is 35.3 Å². The van der Waals surface area contributed by atoms with E-state index in [0.717, 1.165) is 17.2 Å². The summed E-state index contributed by atoms with van der Waals surface area (Å²) in [5, 5.41) is 2.19. The van der Waals surface area contributed by atoms with Gasteiger partial charge in [0, 0.05) is 23.6 Å². The van der Waals surface area contributed by atoms with Gasteiger partial charge < -0.3 is 38.5 Å². The Morgan fingerprint density at radius 3 is 2.47 bits per heavy atom. The van der Waals surface area contributed by atoms with Gasteiger partial charge in [-0.05, 0) is 45.3 Å². The number of aromatic nitrogens is 2. The minimum atomic E-state index is -5.76. The maximum Gasteiger partial charge on any atom is 0.490 e. The summed E-state index contributed by atoms with van der Waals surface area (Å²) in [6.07, 6.45) is 1.96. The molecule has 1 aromatic rings. The van der Waals surface area contributed by atoms with Crippen molar-refractivity contribution < 1.29 is 70.2 Å². The third kappa shape index (κ3) is 18.4. The lowest BCUT2D eigenvalue weighted by Gasteiger charge is -2.25. The second-order valence-electron chi connectivity index (χ2n) is 10.6. The summed E-state index contributed by atoms with van der Waals surface area (Å²) in [6.45, 7) is 5.97. The molecule has 0 aromatic carbocycles. The molecule has 1 aliphatic heterocycles. The number of ether oxygens (including phenoxy) is 4. The van der Waals surface area contributed by atoms with Gasteiger partial charge in [-0.1, -0.05) is 50.1 Å². The number of hydrogen-bond acceptors (Lipinski definition) is 17. The minimum Gasteiger partial charge on any atom is -0.449 e. The molecular formula is C24H40N3O17P3S4. The summed E-state index contributed by atoms with van der Waals surface area (Å²) in [6, 6.07) is 1.32. The number of rotatable bonds is 22. The number of amides is 1. The number of carbonyl (C=O) groups is 1. The minimum absolute atomic E-state index is 0.0248. The van der Waals surface area contributed by atoms with Crippen molar-refractivity contribution >= 4 is 72.7 Å². The average molecular weight is 864 g/mol. The molecule has 0 radical (unpaired) electrons. The largest absolute Gasteiger partial charge is 0.490 e. The Balaban J connectivity index is 1.99. The molecule has 3 unspecified atom stereocenters. The molecule has 20 nitrogen and oxygen atoms in total. The zero-order valence-electron chi connectivity index (χ0n) is 27.7. The fourth-order valence-electron chi connectivity index (χ4n) is 3.70. The van der Waals surface area contributed by atoms with Gasteiger partial charge in [-0.2, -0.15) is 8.62 Å². The number of phosphoric acid groups is 3. The third-order valence-electron chi connectivity index (χ3n) is 6.34. The molecule has 6 N–H and O–H groups in total. The number of nitrogens with one attached hydrogen (secondary N) is 2. The highest BCUT2D eigenvalue weighted by atomic mass is 33.1. The van der Waals surface area contributed by atoms with Crippen molar-refractivity contribution in [3.8, 4) is 12.0 Å². The monoisotopic (exact) mass is 863 g/mol. The first kappa shape index (κ1) is 46.4. The lowest BCUT2D eigenvalue weighted by molar-refractivity contribution is -0.0229. The predicted octanol–water partition coefficient (Wildman–Crippen LogP) is 3.53. The predicted molar refractivity (Wildman–Crippen MR) is 192 cm³/mol. The van der Waals surface area contributed by atoms with Crippen molar-refractivity contribution in [1.29, 1.82) is 0 Å². The molecule has 27 heteroatoms. The van der Waals surface area contributed by atoms with Crippen LogP contribution in [0.1, 0.15) is 51.6 Å². The quantitative estimate of drug-likeness (QED) is 0.0243. The van der Waals surface area contributed by atoms with Crippen LogP contribution < -0.4 is 16.6 Å². The Morgan fingerprint density at radius 2 is 1.80 bits per heavy atom. The summed E-state index contributed by atoms with van der Waals surface area (Å²) in [4.78, 5) is 76.0. The second-order valence-corrected chi connectivity index (χ2v) is 20.5. The Bertz CT molecular complexity index is 1610. The summed E-state index contributed by atoms with van der Waals surface area (Å²) < 4.78 is 70.1. The molecule has 2 rings (SSSR count). The van der Waals surface area contributed by atoms with E-state index in [2.05, 4.69) is 56.2 Å². The number of phosphoric ester groups is 1. The molecule has 0 spiro atoms. The van der Waals surface area contributed by atoms with Crippen molar-refractivity contribution in [2.75, 3.05) is 44.6 Å². The molecule has 1 amide bonds. The number of carbonyl (C=O) groups excluding carboxylic acids is 1. The highest BCUT2D eigenvalue weighted by Gasteiger charge is 2.44. The molecule has 1 saturated heterocycles. The van der Waals surface area contributed by atoms with Gasteiger partial charge in [0.05, 0.1) is 25.9 Å². The van der Waals surface area contributed by atoms with Crippen LogP contribution in [-0.2, 0) is 45.8 Å². The van der Waals surface area contributed by atoms with Gasteiger partial charge in [0.15, 0.2) is 0 Å². The number of unbranched alkanes of at least 4 members (excludes halogenated alkanes) is 1. The zero-order valence-corrected chi connectivity index (χ0v) is 33.6. The molecule has 0 aliphatic carbocycles. The number of nitrogens with zero attached hydrogens (tertiary/aromatic N) is 1. The van der Waals surface area contributed by atoms with Crippen LogP contribution in [0.2, 0.25) is 0 Å². The van der Waals surface area contributed by atoms with Gasteiger partial charge in [-0.3, -0.25) is 18.9 Å². The Hall–Kier alpha value is -0.800. The van der Waals surface area contributed by atoms with E-state index in [1.807, 2.05) is 0 Å². The number of hydrogen-bond donors (Lipinski definition) is 6. The Labute approximate surface area is 308 Å². The maximum atomic E-state index is 12.8. The van der Waals surface area contributed by atoms with Crippen LogP contribution in [0, 0.1) is 12.0 Å². The van der Waals surface area contributed by atoms with Crippen LogP contribution >= 0.6 is 66.6 Å². The summed E-state index contributed by atoms with van der Waals surface area (Å²) in [5.41, 5.74) is -2.00. The molecule has 0 bridgehead atoms. The van der Waals surface area contributed by atoms with Crippen molar-refractivity contribution in [3.05, 3.63) is 32.6 Å². The number of aromatic amines is 1. The van der Waals surface area contributed by atoms with Crippen LogP contribution in [0.5, 0.6) is 0 Å². The lowest BCUT2D eigenvalue weighted by atomic mass is 10.1. The number of H-pyrrole nitrogens is 1. The lowest BCUT2D eigenvalue weighted by Crippen LogP contribution is -2.40. The van der Waals surface area contributed by atoms with E-state index in [-0.39, 0.29) is 29.5 Å². The highest BCUT2D eigenvalue weighted by Crippen LogP contribution is 2.66. The van der Waals surface area contributed by atoms with E-state index in [0.29, 0.717) is 25.4 Å². The second kappa shape index (κ2) is 21.9. The summed E-state index contributed by atoms with van der Waals surface area (Å²) >= 11 is 0. The van der Waals surface area contributed by atoms with Crippen LogP contribution in [0.15, 0.2) is 15.8 Å². The average Bonchev–Trinajstić information content (AvgIpc) is 3.41. The smallest absolute Gasteiger partial charge is 0.449 e. The van der Waals surface area contributed by atoms with E-state index in [1.54, 1.807) is 27.8 Å². The first-order valence-corrected chi connectivity index (χ1v) is 24.2. The fraction of sp³-hybridized carbons (Fsp3) is 0.708. The Kier molecular flexibility index (Phi) is 19.9. The summed E-state index contributed by atoms with van der Waals surface area (Å²) in [5.74, 6) is 3.01. The van der Waals surface area contributed by atoms with Crippen molar-refractivity contribution in [2.45, 2.75) is 63.0 Å². The SMILES string of the molecule is CCC(C)(C)SSCOCCCCOC(=O)NC#Cc1cn([C@@H]2CO[C@H](COP(=O)(O)OP(=O)(O)OP(=O)(O)O)C2OCSSC)c(=O)[nH]c1=O.